The topological polar surface area (TPSA) is 73.8 Å². The lowest BCUT2D eigenvalue weighted by atomic mass is 10.1. The summed E-state index contributed by atoms with van der Waals surface area (Å²) >= 11 is 1.55. The second kappa shape index (κ2) is 8.51. The van der Waals surface area contributed by atoms with Gasteiger partial charge in [0.25, 0.3) is 5.69 Å². The Morgan fingerprint density at radius 2 is 1.67 bits per heavy atom. The summed E-state index contributed by atoms with van der Waals surface area (Å²) in [5, 5.41) is 20.6. The van der Waals surface area contributed by atoms with Crippen LogP contribution in [-0.2, 0) is 5.75 Å². The first-order valence-electron chi connectivity index (χ1n) is 9.47. The van der Waals surface area contributed by atoms with Gasteiger partial charge in [0.15, 0.2) is 11.0 Å². The lowest BCUT2D eigenvalue weighted by molar-refractivity contribution is -0.384. The van der Waals surface area contributed by atoms with Gasteiger partial charge in [-0.15, -0.1) is 10.2 Å². The standard InChI is InChI=1S/C23H20N4O2S/c1-16-6-10-20(11-7-16)26-22(19-5-3-4-17(2)14-19)24-25-23(26)30-15-18-8-12-21(13-9-18)27(28)29/h3-14H,15H2,1-2H3. The molecule has 7 heteroatoms. The van der Waals surface area contributed by atoms with Gasteiger partial charge in [-0.1, -0.05) is 65.4 Å². The maximum absolute atomic E-state index is 10.9. The molecule has 0 saturated heterocycles. The fourth-order valence-corrected chi connectivity index (χ4v) is 4.03. The van der Waals surface area contributed by atoms with E-state index >= 15 is 0 Å². The number of non-ortho nitro benzene ring substituents is 1. The molecule has 0 aliphatic rings. The van der Waals surface area contributed by atoms with Gasteiger partial charge in [-0.25, -0.2) is 0 Å². The van der Waals surface area contributed by atoms with Crippen LogP contribution in [0.1, 0.15) is 16.7 Å². The summed E-state index contributed by atoms with van der Waals surface area (Å²) in [6.07, 6.45) is 0. The molecule has 0 N–H and O–H groups in total. The molecular formula is C23H20N4O2S. The Labute approximate surface area is 178 Å². The highest BCUT2D eigenvalue weighted by Gasteiger charge is 2.16. The Hall–Kier alpha value is -3.45. The molecular weight excluding hydrogens is 396 g/mol. The van der Waals surface area contributed by atoms with Crippen LogP contribution in [0.15, 0.2) is 78.0 Å². The smallest absolute Gasteiger partial charge is 0.269 e. The Morgan fingerprint density at radius 3 is 2.33 bits per heavy atom. The maximum atomic E-state index is 10.9. The highest BCUT2D eigenvalue weighted by atomic mass is 32.2. The first-order chi connectivity index (χ1) is 14.5. The molecule has 30 heavy (non-hydrogen) atoms. The Kier molecular flexibility index (Phi) is 5.63. The SMILES string of the molecule is Cc1ccc(-n2c(SCc3ccc([N+](=O)[O-])cc3)nnc2-c2cccc(C)c2)cc1. The summed E-state index contributed by atoms with van der Waals surface area (Å²) in [7, 11) is 0. The van der Waals surface area contributed by atoms with Crippen LogP contribution >= 0.6 is 11.8 Å². The van der Waals surface area contributed by atoms with Crippen molar-refractivity contribution in [2.24, 2.45) is 0 Å². The van der Waals surface area contributed by atoms with Gasteiger partial charge in [-0.05, 0) is 37.6 Å². The van der Waals surface area contributed by atoms with Crippen molar-refractivity contribution in [3.63, 3.8) is 0 Å². The molecule has 150 valence electrons. The second-order valence-electron chi connectivity index (χ2n) is 7.06. The average Bonchev–Trinajstić information content (AvgIpc) is 3.17. The third-order valence-electron chi connectivity index (χ3n) is 4.72. The fourth-order valence-electron chi connectivity index (χ4n) is 3.12. The predicted octanol–water partition coefficient (Wildman–Crippen LogP) is 5.75. The minimum absolute atomic E-state index is 0.0910. The third kappa shape index (κ3) is 4.26. The van der Waals surface area contributed by atoms with Crippen molar-refractivity contribution in [3.05, 3.63) is 99.6 Å². The summed E-state index contributed by atoms with van der Waals surface area (Å²) in [5.74, 6) is 1.42. The number of nitrogens with zero attached hydrogens (tertiary/aromatic N) is 4. The molecule has 0 unspecified atom stereocenters. The van der Waals surface area contributed by atoms with Gasteiger partial charge in [0.2, 0.25) is 0 Å². The van der Waals surface area contributed by atoms with Crippen molar-refractivity contribution < 1.29 is 4.92 Å². The second-order valence-corrected chi connectivity index (χ2v) is 8.00. The van der Waals surface area contributed by atoms with E-state index < -0.39 is 0 Å². The van der Waals surface area contributed by atoms with Crippen LogP contribution in [0.5, 0.6) is 0 Å². The van der Waals surface area contributed by atoms with Gasteiger partial charge in [0, 0.05) is 29.1 Å². The number of hydrogen-bond acceptors (Lipinski definition) is 5. The molecule has 0 fully saturated rings. The molecule has 6 nitrogen and oxygen atoms in total. The highest BCUT2D eigenvalue weighted by Crippen LogP contribution is 2.30. The van der Waals surface area contributed by atoms with E-state index in [2.05, 4.69) is 65.0 Å². The van der Waals surface area contributed by atoms with Crippen molar-refractivity contribution >= 4 is 17.4 Å². The van der Waals surface area contributed by atoms with E-state index in [1.807, 2.05) is 12.1 Å². The van der Waals surface area contributed by atoms with E-state index in [1.54, 1.807) is 23.9 Å². The normalized spacial score (nSPS) is 10.9. The molecule has 1 aromatic heterocycles. The van der Waals surface area contributed by atoms with Gasteiger partial charge in [0.05, 0.1) is 4.92 Å². The molecule has 1 heterocycles. The molecule has 0 bridgehead atoms. The molecule has 4 rings (SSSR count). The summed E-state index contributed by atoms with van der Waals surface area (Å²) in [6, 6.07) is 23.1. The molecule has 3 aromatic carbocycles. The minimum Gasteiger partial charge on any atom is -0.270 e. The van der Waals surface area contributed by atoms with Crippen molar-refractivity contribution in [1.29, 1.82) is 0 Å². The molecule has 0 aliphatic carbocycles. The number of rotatable bonds is 6. The zero-order chi connectivity index (χ0) is 21.1. The number of nitro benzene ring substituents is 1. The van der Waals surface area contributed by atoms with Crippen LogP contribution in [0.25, 0.3) is 17.1 Å². The van der Waals surface area contributed by atoms with E-state index in [-0.39, 0.29) is 10.6 Å². The molecule has 0 spiro atoms. The van der Waals surface area contributed by atoms with Crippen LogP contribution in [0.4, 0.5) is 5.69 Å². The number of aromatic nitrogens is 3. The number of benzene rings is 3. The summed E-state index contributed by atoms with van der Waals surface area (Å²) < 4.78 is 2.06. The Bertz CT molecular complexity index is 1180. The van der Waals surface area contributed by atoms with E-state index in [0.29, 0.717) is 5.75 Å². The number of thioether (sulfide) groups is 1. The van der Waals surface area contributed by atoms with Crippen molar-refractivity contribution in [2.45, 2.75) is 24.8 Å². The zero-order valence-corrected chi connectivity index (χ0v) is 17.5. The van der Waals surface area contributed by atoms with Crippen LogP contribution in [0, 0.1) is 24.0 Å². The van der Waals surface area contributed by atoms with Gasteiger partial charge in [-0.3, -0.25) is 14.7 Å². The largest absolute Gasteiger partial charge is 0.270 e. The minimum atomic E-state index is -0.390. The van der Waals surface area contributed by atoms with Gasteiger partial charge < -0.3 is 0 Å². The molecule has 0 aliphatic heterocycles. The number of hydrogen-bond donors (Lipinski definition) is 0. The number of nitro groups is 1. The summed E-state index contributed by atoms with van der Waals surface area (Å²) in [5.41, 5.74) is 5.42. The first-order valence-corrected chi connectivity index (χ1v) is 10.5. The molecule has 0 atom stereocenters. The summed E-state index contributed by atoms with van der Waals surface area (Å²) in [6.45, 7) is 4.11. The van der Waals surface area contributed by atoms with E-state index in [1.165, 1.54) is 17.7 Å². The Morgan fingerprint density at radius 1 is 0.933 bits per heavy atom. The molecule has 0 saturated carbocycles. The van der Waals surface area contributed by atoms with E-state index in [0.717, 1.165) is 33.4 Å². The first kappa shape index (κ1) is 19.8. The molecule has 4 aromatic rings. The Balaban J connectivity index is 1.69. The highest BCUT2D eigenvalue weighted by molar-refractivity contribution is 7.98. The van der Waals surface area contributed by atoms with Crippen LogP contribution in [-0.4, -0.2) is 19.7 Å². The van der Waals surface area contributed by atoms with Crippen LogP contribution < -0.4 is 0 Å². The lowest BCUT2D eigenvalue weighted by Crippen LogP contribution is -2.00. The van der Waals surface area contributed by atoms with Crippen molar-refractivity contribution in [3.8, 4) is 17.1 Å². The quantitative estimate of drug-likeness (QED) is 0.227. The monoisotopic (exact) mass is 416 g/mol. The average molecular weight is 417 g/mol. The third-order valence-corrected chi connectivity index (χ3v) is 5.72. The van der Waals surface area contributed by atoms with Crippen LogP contribution in [0.2, 0.25) is 0 Å². The zero-order valence-electron chi connectivity index (χ0n) is 16.6. The predicted molar refractivity (Wildman–Crippen MR) is 119 cm³/mol. The van der Waals surface area contributed by atoms with Crippen molar-refractivity contribution in [2.75, 3.05) is 0 Å². The van der Waals surface area contributed by atoms with Gasteiger partial charge >= 0.3 is 0 Å². The van der Waals surface area contributed by atoms with Crippen LogP contribution in [0.3, 0.4) is 0 Å². The fraction of sp³-hybridized carbons (Fsp3) is 0.130. The number of aryl methyl sites for hydroxylation is 2. The lowest BCUT2D eigenvalue weighted by Gasteiger charge is -2.11. The van der Waals surface area contributed by atoms with Crippen molar-refractivity contribution in [1.82, 2.24) is 14.8 Å². The molecule has 0 amide bonds. The van der Waals surface area contributed by atoms with E-state index in [9.17, 15) is 10.1 Å². The van der Waals surface area contributed by atoms with Gasteiger partial charge in [-0.2, -0.15) is 0 Å². The maximum Gasteiger partial charge on any atom is 0.269 e. The van der Waals surface area contributed by atoms with Gasteiger partial charge in [0.1, 0.15) is 0 Å². The summed E-state index contributed by atoms with van der Waals surface area (Å²) in [4.78, 5) is 10.5. The van der Waals surface area contributed by atoms with E-state index in [4.69, 9.17) is 0 Å². The molecule has 0 radical (unpaired) electrons.